The fourth-order valence-electron chi connectivity index (χ4n) is 1.48. The SMILES string of the molecule is CCOC(=O)c1noc(C2(N)CCC2)n1. The van der Waals surface area contributed by atoms with E-state index in [4.69, 9.17) is 15.0 Å². The average molecular weight is 211 g/mol. The Labute approximate surface area is 86.8 Å². The number of aromatic nitrogens is 2. The maximum Gasteiger partial charge on any atom is 0.379 e. The molecule has 1 aromatic rings. The highest BCUT2D eigenvalue weighted by Gasteiger charge is 2.40. The summed E-state index contributed by atoms with van der Waals surface area (Å²) in [6.07, 6.45) is 2.68. The summed E-state index contributed by atoms with van der Waals surface area (Å²) in [6.45, 7) is 2.01. The van der Waals surface area contributed by atoms with E-state index in [-0.39, 0.29) is 12.4 Å². The molecule has 2 N–H and O–H groups in total. The topological polar surface area (TPSA) is 91.2 Å². The Kier molecular flexibility index (Phi) is 2.44. The van der Waals surface area contributed by atoms with Gasteiger partial charge in [0.1, 0.15) is 0 Å². The van der Waals surface area contributed by atoms with Crippen LogP contribution in [0.15, 0.2) is 4.52 Å². The van der Waals surface area contributed by atoms with Gasteiger partial charge in [-0.15, -0.1) is 0 Å². The summed E-state index contributed by atoms with van der Waals surface area (Å²) in [4.78, 5) is 15.2. The molecule has 1 aromatic heterocycles. The van der Waals surface area contributed by atoms with Crippen molar-refractivity contribution in [2.45, 2.75) is 31.7 Å². The Morgan fingerprint density at radius 1 is 1.67 bits per heavy atom. The van der Waals surface area contributed by atoms with E-state index in [1.165, 1.54) is 0 Å². The van der Waals surface area contributed by atoms with Gasteiger partial charge in [0.15, 0.2) is 0 Å². The number of ether oxygens (including phenoxy) is 1. The summed E-state index contributed by atoms with van der Waals surface area (Å²) < 4.78 is 9.69. The Morgan fingerprint density at radius 2 is 2.40 bits per heavy atom. The second kappa shape index (κ2) is 3.62. The molecule has 0 aliphatic heterocycles. The number of nitrogens with two attached hydrogens (primary N) is 1. The van der Waals surface area contributed by atoms with Gasteiger partial charge >= 0.3 is 5.97 Å². The molecule has 2 rings (SSSR count). The highest BCUT2D eigenvalue weighted by Crippen LogP contribution is 2.37. The van der Waals surface area contributed by atoms with E-state index in [2.05, 4.69) is 10.1 Å². The molecular weight excluding hydrogens is 198 g/mol. The van der Waals surface area contributed by atoms with Crippen LogP contribution in [0.1, 0.15) is 42.7 Å². The Balaban J connectivity index is 2.13. The van der Waals surface area contributed by atoms with Crippen LogP contribution in [0, 0.1) is 0 Å². The molecule has 15 heavy (non-hydrogen) atoms. The Bertz CT molecular complexity index is 370. The first-order chi connectivity index (χ1) is 7.15. The number of carbonyl (C=O) groups is 1. The molecule has 1 heterocycles. The number of carbonyl (C=O) groups excluding carboxylic acids is 1. The van der Waals surface area contributed by atoms with Crippen molar-refractivity contribution in [1.82, 2.24) is 10.1 Å². The minimum absolute atomic E-state index is 0.0522. The molecule has 0 bridgehead atoms. The molecule has 0 unspecified atom stereocenters. The normalized spacial score (nSPS) is 18.3. The van der Waals surface area contributed by atoms with Crippen LogP contribution in [0.25, 0.3) is 0 Å². The molecule has 1 aliphatic rings. The molecule has 0 aromatic carbocycles. The van der Waals surface area contributed by atoms with Crippen molar-refractivity contribution in [3.05, 3.63) is 11.7 Å². The first-order valence-corrected chi connectivity index (χ1v) is 4.96. The number of hydrogen-bond donors (Lipinski definition) is 1. The standard InChI is InChI=1S/C9H13N3O3/c1-2-14-7(13)6-11-8(15-12-6)9(10)4-3-5-9/h2-5,10H2,1H3. The predicted molar refractivity (Wildman–Crippen MR) is 50.0 cm³/mol. The second-order valence-corrected chi connectivity index (χ2v) is 3.65. The Morgan fingerprint density at radius 3 is 2.93 bits per heavy atom. The van der Waals surface area contributed by atoms with Gasteiger partial charge in [0, 0.05) is 0 Å². The fourth-order valence-corrected chi connectivity index (χ4v) is 1.48. The van der Waals surface area contributed by atoms with Crippen molar-refractivity contribution >= 4 is 5.97 Å². The molecule has 0 saturated heterocycles. The zero-order chi connectivity index (χ0) is 10.9. The van der Waals surface area contributed by atoms with Gasteiger partial charge in [0.25, 0.3) is 5.82 Å². The van der Waals surface area contributed by atoms with Crippen LogP contribution in [0.3, 0.4) is 0 Å². The van der Waals surface area contributed by atoms with E-state index >= 15 is 0 Å². The minimum atomic E-state index is -0.574. The predicted octanol–water partition coefficient (Wildman–Crippen LogP) is 0.584. The van der Waals surface area contributed by atoms with E-state index < -0.39 is 11.5 Å². The summed E-state index contributed by atoms with van der Waals surface area (Å²) in [5.74, 6) is -0.296. The average Bonchev–Trinajstić information content (AvgIpc) is 2.63. The van der Waals surface area contributed by atoms with Crippen LogP contribution >= 0.6 is 0 Å². The van der Waals surface area contributed by atoms with E-state index in [1.807, 2.05) is 0 Å². The summed E-state index contributed by atoms with van der Waals surface area (Å²) in [5.41, 5.74) is 5.43. The number of rotatable bonds is 3. The number of nitrogens with zero attached hydrogens (tertiary/aromatic N) is 2. The van der Waals surface area contributed by atoms with E-state index in [9.17, 15) is 4.79 Å². The first-order valence-electron chi connectivity index (χ1n) is 4.96. The van der Waals surface area contributed by atoms with Crippen molar-refractivity contribution in [3.8, 4) is 0 Å². The van der Waals surface area contributed by atoms with Crippen molar-refractivity contribution in [3.63, 3.8) is 0 Å². The summed E-state index contributed by atoms with van der Waals surface area (Å²) >= 11 is 0. The number of esters is 1. The zero-order valence-electron chi connectivity index (χ0n) is 8.52. The minimum Gasteiger partial charge on any atom is -0.460 e. The first kappa shape index (κ1) is 10.1. The summed E-state index contributed by atoms with van der Waals surface area (Å²) in [6, 6.07) is 0. The molecule has 82 valence electrons. The Hall–Kier alpha value is -1.43. The van der Waals surface area contributed by atoms with Gasteiger partial charge in [0.05, 0.1) is 12.1 Å². The third-order valence-electron chi connectivity index (χ3n) is 2.56. The second-order valence-electron chi connectivity index (χ2n) is 3.65. The molecule has 0 atom stereocenters. The van der Waals surface area contributed by atoms with E-state index in [0.717, 1.165) is 19.3 Å². The van der Waals surface area contributed by atoms with Gasteiger partial charge in [-0.1, -0.05) is 0 Å². The molecule has 6 heteroatoms. The molecule has 0 spiro atoms. The number of hydrogen-bond acceptors (Lipinski definition) is 6. The molecule has 1 fully saturated rings. The summed E-state index contributed by atoms with van der Waals surface area (Å²) in [5, 5.41) is 3.54. The monoisotopic (exact) mass is 211 g/mol. The van der Waals surface area contributed by atoms with Crippen molar-refractivity contribution in [2.75, 3.05) is 6.61 Å². The van der Waals surface area contributed by atoms with Crippen molar-refractivity contribution in [2.24, 2.45) is 5.73 Å². The third kappa shape index (κ3) is 1.72. The highest BCUT2D eigenvalue weighted by molar-refractivity contribution is 5.84. The molecule has 0 radical (unpaired) electrons. The molecule has 1 aliphatic carbocycles. The molecule has 0 amide bonds. The van der Waals surface area contributed by atoms with Crippen LogP contribution in [-0.2, 0) is 10.3 Å². The lowest BCUT2D eigenvalue weighted by Crippen LogP contribution is -2.43. The molecule has 1 saturated carbocycles. The van der Waals surface area contributed by atoms with Gasteiger partial charge in [-0.25, -0.2) is 4.79 Å². The quantitative estimate of drug-likeness (QED) is 0.735. The van der Waals surface area contributed by atoms with Gasteiger partial charge in [0.2, 0.25) is 5.89 Å². The van der Waals surface area contributed by atoms with E-state index in [0.29, 0.717) is 5.89 Å². The van der Waals surface area contributed by atoms with Crippen LogP contribution < -0.4 is 5.73 Å². The van der Waals surface area contributed by atoms with E-state index in [1.54, 1.807) is 6.92 Å². The van der Waals surface area contributed by atoms with Gasteiger partial charge in [-0.3, -0.25) is 0 Å². The van der Waals surface area contributed by atoms with Crippen molar-refractivity contribution < 1.29 is 14.1 Å². The largest absolute Gasteiger partial charge is 0.460 e. The van der Waals surface area contributed by atoms with Crippen LogP contribution in [0.2, 0.25) is 0 Å². The smallest absolute Gasteiger partial charge is 0.379 e. The maximum atomic E-state index is 11.2. The zero-order valence-corrected chi connectivity index (χ0v) is 8.52. The van der Waals surface area contributed by atoms with Gasteiger partial charge in [-0.05, 0) is 31.3 Å². The van der Waals surface area contributed by atoms with Crippen molar-refractivity contribution in [1.29, 1.82) is 0 Å². The lowest BCUT2D eigenvalue weighted by molar-refractivity contribution is 0.0508. The van der Waals surface area contributed by atoms with Crippen LogP contribution in [0.4, 0.5) is 0 Å². The van der Waals surface area contributed by atoms with Crippen LogP contribution in [0.5, 0.6) is 0 Å². The van der Waals surface area contributed by atoms with Gasteiger partial charge < -0.3 is 15.0 Å². The molecular formula is C9H13N3O3. The summed E-state index contributed by atoms with van der Waals surface area (Å²) in [7, 11) is 0. The highest BCUT2D eigenvalue weighted by atomic mass is 16.5. The fraction of sp³-hybridized carbons (Fsp3) is 0.667. The van der Waals surface area contributed by atoms with Gasteiger partial charge in [-0.2, -0.15) is 4.98 Å². The van der Waals surface area contributed by atoms with Crippen LogP contribution in [-0.4, -0.2) is 22.7 Å². The lowest BCUT2D eigenvalue weighted by Gasteiger charge is -2.33. The maximum absolute atomic E-state index is 11.2. The third-order valence-corrected chi connectivity index (χ3v) is 2.56. The molecule has 6 nitrogen and oxygen atoms in total. The lowest BCUT2D eigenvalue weighted by atomic mass is 9.78.